The minimum absolute atomic E-state index is 0.171. The number of hydrogen-bond acceptors (Lipinski definition) is 2. The molecule has 10 rings (SSSR count). The third kappa shape index (κ3) is 4.29. The van der Waals surface area contributed by atoms with Gasteiger partial charge in [-0.3, -0.25) is 0 Å². The van der Waals surface area contributed by atoms with E-state index in [0.29, 0.717) is 21.8 Å². The van der Waals surface area contributed by atoms with Crippen LogP contribution in [0, 0.1) is 0 Å². The maximum Gasteiger partial charge on any atom is 0.143 e. The van der Waals surface area contributed by atoms with E-state index in [0.717, 1.165) is 4.90 Å². The van der Waals surface area contributed by atoms with Gasteiger partial charge in [0.15, 0.2) is 0 Å². The molecule has 0 saturated carbocycles. The summed E-state index contributed by atoms with van der Waals surface area (Å²) < 4.78 is 164. The number of aromatic nitrogens is 1. The summed E-state index contributed by atoms with van der Waals surface area (Å²) in [5.41, 5.74) is -1.90. The Morgan fingerprint density at radius 2 is 1.20 bits per heavy atom. The van der Waals surface area contributed by atoms with Crippen molar-refractivity contribution in [1.29, 1.82) is 0 Å². The molecule has 0 bridgehead atoms. The molecule has 2 heterocycles. The van der Waals surface area contributed by atoms with Crippen LogP contribution in [-0.2, 0) is 0 Å². The minimum Gasteiger partial charge on any atom is -0.455 e. The SMILES string of the molecule is [2H]c1c([2H])c(-c2ccccc2)c([2H])c(N(c2c([2H])c([2H])c([2H])c([2H])c2-n2c3ccccc3c3ccccc32)c2c([2H])c([2H])c([2H])c3oc4c5c([2H])c([2H])c([2H])c([2H])c5c([2H])c([2H])c4c23)c1[2H]. The van der Waals surface area contributed by atoms with Crippen molar-refractivity contribution in [2.24, 2.45) is 0 Å². The van der Waals surface area contributed by atoms with E-state index in [2.05, 4.69) is 0 Å². The number of para-hydroxylation sites is 4. The Bertz CT molecular complexity index is 3760. The third-order valence-electron chi connectivity index (χ3n) is 8.53. The molecule has 0 amide bonds. The van der Waals surface area contributed by atoms with Gasteiger partial charge in [0.2, 0.25) is 0 Å². The summed E-state index contributed by atoms with van der Waals surface area (Å²) in [6, 6.07) is 10.2. The van der Waals surface area contributed by atoms with E-state index in [1.165, 1.54) is 0 Å². The first-order chi connectivity index (χ1) is 31.4. The van der Waals surface area contributed by atoms with E-state index in [9.17, 15) is 11.0 Å². The molecular weight excluding hydrogens is 597 g/mol. The molecule has 0 unspecified atom stereocenters. The van der Waals surface area contributed by atoms with Gasteiger partial charge < -0.3 is 13.9 Å². The zero-order valence-electron chi connectivity index (χ0n) is 42.3. The van der Waals surface area contributed by atoms with E-state index in [-0.39, 0.29) is 33.0 Å². The van der Waals surface area contributed by atoms with Crippen LogP contribution in [0.25, 0.3) is 71.3 Å². The van der Waals surface area contributed by atoms with Crippen molar-refractivity contribution in [2.45, 2.75) is 0 Å². The van der Waals surface area contributed by atoms with Gasteiger partial charge in [-0.05, 0) is 70.9 Å². The van der Waals surface area contributed by atoms with E-state index < -0.39 is 136 Å². The molecule has 0 saturated heterocycles. The van der Waals surface area contributed by atoms with Crippen LogP contribution >= 0.6 is 0 Å². The Morgan fingerprint density at radius 3 is 2.04 bits per heavy atom. The van der Waals surface area contributed by atoms with Gasteiger partial charge >= 0.3 is 0 Å². The zero-order valence-corrected chi connectivity index (χ0v) is 25.3. The Balaban J connectivity index is 1.52. The van der Waals surface area contributed by atoms with Crippen molar-refractivity contribution in [1.82, 2.24) is 4.57 Å². The van der Waals surface area contributed by atoms with Crippen LogP contribution in [0.4, 0.5) is 17.1 Å². The normalized spacial score (nSPS) is 16.5. The highest BCUT2D eigenvalue weighted by atomic mass is 16.3. The lowest BCUT2D eigenvalue weighted by atomic mass is 10.0. The lowest BCUT2D eigenvalue weighted by molar-refractivity contribution is 0.672. The second-order valence-corrected chi connectivity index (χ2v) is 11.2. The lowest BCUT2D eigenvalue weighted by Gasteiger charge is -2.29. The standard InChI is InChI=1S/C46H30N2O/c1-2-14-31(15-3-1)33-17-12-18-34(30-33)47(43-26-13-27-44-45(43)38-29-28-32-16-4-5-19-35(32)46(38)49-44)41-24-10-11-25-42(41)48-39-22-8-6-20-36(39)37-21-7-9-23-40(37)48/h1-30H/i4D,5D,10D,11D,12D,13D,16D,17D,18D,19D,24D,25D,26D,27D,28D,29D,30D. The molecule has 2 aromatic heterocycles. The highest BCUT2D eigenvalue weighted by Gasteiger charge is 2.24. The average Bonchev–Trinajstić information content (AvgIpc) is 3.87. The second kappa shape index (κ2) is 11.0. The van der Waals surface area contributed by atoms with Gasteiger partial charge in [0, 0.05) is 27.2 Å². The van der Waals surface area contributed by atoms with E-state index in [1.807, 2.05) is 12.1 Å². The predicted octanol–water partition coefficient (Wildman–Crippen LogP) is 13.0. The summed E-state index contributed by atoms with van der Waals surface area (Å²) >= 11 is 0. The molecule has 0 atom stereocenters. The van der Waals surface area contributed by atoms with Crippen molar-refractivity contribution in [3.8, 4) is 16.8 Å². The van der Waals surface area contributed by atoms with Gasteiger partial charge in [0.05, 0.1) is 56.8 Å². The summed E-state index contributed by atoms with van der Waals surface area (Å²) in [6.45, 7) is 0. The molecule has 230 valence electrons. The molecule has 8 aromatic carbocycles. The Hall–Kier alpha value is -6.58. The molecule has 3 heteroatoms. The molecule has 0 aliphatic carbocycles. The van der Waals surface area contributed by atoms with E-state index >= 15 is 0 Å². The Kier molecular flexibility index (Phi) is 3.49. The Morgan fingerprint density at radius 1 is 0.510 bits per heavy atom. The smallest absolute Gasteiger partial charge is 0.143 e. The summed E-state index contributed by atoms with van der Waals surface area (Å²) in [5, 5.41) is -0.160. The quantitative estimate of drug-likeness (QED) is 0.186. The van der Waals surface area contributed by atoms with Crippen LogP contribution in [0.5, 0.6) is 0 Å². The van der Waals surface area contributed by atoms with Crippen LogP contribution in [0.1, 0.15) is 23.3 Å². The summed E-state index contributed by atoms with van der Waals surface area (Å²) in [7, 11) is 0. The summed E-state index contributed by atoms with van der Waals surface area (Å²) in [4.78, 5) is 0.954. The van der Waals surface area contributed by atoms with E-state index in [4.69, 9.17) is 16.8 Å². The van der Waals surface area contributed by atoms with Crippen LogP contribution in [0.3, 0.4) is 0 Å². The number of fused-ring (bicyclic) bond motifs is 8. The number of rotatable bonds is 5. The first kappa shape index (κ1) is 15.5. The van der Waals surface area contributed by atoms with Gasteiger partial charge in [-0.1, -0.05) is 127 Å². The fourth-order valence-corrected chi connectivity index (χ4v) is 6.44. The minimum atomic E-state index is -0.835. The number of hydrogen-bond donors (Lipinski definition) is 0. The van der Waals surface area contributed by atoms with Gasteiger partial charge in [0.25, 0.3) is 0 Å². The fraction of sp³-hybridized carbons (Fsp3) is 0. The molecule has 49 heavy (non-hydrogen) atoms. The molecule has 0 aliphatic heterocycles. The molecule has 0 spiro atoms. The maximum atomic E-state index is 9.92. The number of benzene rings is 8. The number of anilines is 3. The highest BCUT2D eigenvalue weighted by Crippen LogP contribution is 2.47. The largest absolute Gasteiger partial charge is 0.455 e. The molecule has 0 aliphatic rings. The first-order valence-electron chi connectivity index (χ1n) is 23.8. The second-order valence-electron chi connectivity index (χ2n) is 11.2. The highest BCUT2D eigenvalue weighted by molar-refractivity contribution is 6.20. The van der Waals surface area contributed by atoms with Crippen LogP contribution < -0.4 is 4.90 Å². The average molecular weight is 644 g/mol. The molecular formula is C46H30N2O. The zero-order chi connectivity index (χ0) is 47.1. The molecule has 10 aromatic rings. The summed E-state index contributed by atoms with van der Waals surface area (Å²) in [5.74, 6) is 0. The Labute approximate surface area is 307 Å². The van der Waals surface area contributed by atoms with Crippen molar-refractivity contribution in [2.75, 3.05) is 4.90 Å². The van der Waals surface area contributed by atoms with E-state index in [1.54, 1.807) is 71.3 Å². The number of nitrogens with zero attached hydrogens (tertiary/aromatic N) is 2. The molecule has 0 N–H and O–H groups in total. The lowest BCUT2D eigenvalue weighted by Crippen LogP contribution is -2.13. The van der Waals surface area contributed by atoms with Crippen molar-refractivity contribution in [3.05, 3.63) is 182 Å². The van der Waals surface area contributed by atoms with Gasteiger partial charge in [-0.2, -0.15) is 0 Å². The van der Waals surface area contributed by atoms with Crippen LogP contribution in [0.2, 0.25) is 0 Å². The fourth-order valence-electron chi connectivity index (χ4n) is 6.44. The third-order valence-corrected chi connectivity index (χ3v) is 8.53. The van der Waals surface area contributed by atoms with Crippen LogP contribution in [-0.4, -0.2) is 4.57 Å². The summed E-state index contributed by atoms with van der Waals surface area (Å²) in [6.07, 6.45) is 0. The number of furan rings is 1. The first-order valence-corrected chi connectivity index (χ1v) is 15.3. The molecule has 3 nitrogen and oxygen atoms in total. The van der Waals surface area contributed by atoms with Gasteiger partial charge in [0.1, 0.15) is 11.2 Å². The van der Waals surface area contributed by atoms with Gasteiger partial charge in [-0.15, -0.1) is 0 Å². The monoisotopic (exact) mass is 643 g/mol. The van der Waals surface area contributed by atoms with Crippen molar-refractivity contribution in [3.63, 3.8) is 0 Å². The maximum absolute atomic E-state index is 9.92. The van der Waals surface area contributed by atoms with Crippen LogP contribution in [0.15, 0.2) is 186 Å². The van der Waals surface area contributed by atoms with Gasteiger partial charge in [-0.25, -0.2) is 0 Å². The topological polar surface area (TPSA) is 21.3 Å². The predicted molar refractivity (Wildman–Crippen MR) is 206 cm³/mol. The van der Waals surface area contributed by atoms with Crippen molar-refractivity contribution < 1.29 is 27.7 Å². The van der Waals surface area contributed by atoms with Crippen molar-refractivity contribution >= 4 is 71.6 Å². The molecule has 0 radical (unpaired) electrons. The molecule has 0 fully saturated rings.